The zero-order valence-corrected chi connectivity index (χ0v) is 21.3. The van der Waals surface area contributed by atoms with Gasteiger partial charge in [0.1, 0.15) is 6.10 Å². The second-order valence-corrected chi connectivity index (χ2v) is 8.16. The molecule has 0 aliphatic heterocycles. The quantitative estimate of drug-likeness (QED) is 0.391. The van der Waals surface area contributed by atoms with Crippen LogP contribution in [0.5, 0.6) is 23.0 Å². The summed E-state index contributed by atoms with van der Waals surface area (Å²) in [4.78, 5) is 2.37. The van der Waals surface area contributed by atoms with Crippen molar-refractivity contribution in [3.63, 3.8) is 0 Å². The van der Waals surface area contributed by atoms with Crippen LogP contribution in [0.3, 0.4) is 0 Å². The summed E-state index contributed by atoms with van der Waals surface area (Å²) in [5.41, 5.74) is 1.25. The zero-order chi connectivity index (χ0) is 24.6. The maximum absolute atomic E-state index is 7.32. The molecule has 6 heteroatoms. The molecule has 0 heterocycles. The lowest BCUT2D eigenvalue weighted by Gasteiger charge is -2.25. The van der Waals surface area contributed by atoms with Gasteiger partial charge in [-0.25, -0.2) is 0 Å². The molecule has 1 atom stereocenters. The van der Waals surface area contributed by atoms with Gasteiger partial charge in [-0.1, -0.05) is 32.0 Å². The van der Waals surface area contributed by atoms with Gasteiger partial charge in [0.05, 0.1) is 27.4 Å². The highest BCUT2D eigenvalue weighted by Gasteiger charge is 2.17. The van der Waals surface area contributed by atoms with Crippen molar-refractivity contribution in [3.8, 4) is 29.1 Å². The van der Waals surface area contributed by atoms with Crippen molar-refractivity contribution in [2.45, 2.75) is 46.1 Å². The molecule has 0 saturated carbocycles. The molecule has 2 rings (SSSR count). The molecule has 1 unspecified atom stereocenters. The van der Waals surface area contributed by atoms with E-state index in [-0.39, 0.29) is 6.10 Å². The fourth-order valence-electron chi connectivity index (χ4n) is 3.44. The van der Waals surface area contributed by atoms with Gasteiger partial charge < -0.3 is 23.8 Å². The van der Waals surface area contributed by atoms with Gasteiger partial charge in [0, 0.05) is 13.5 Å². The van der Waals surface area contributed by atoms with E-state index in [1.54, 1.807) is 27.4 Å². The second-order valence-electron chi connectivity index (χ2n) is 8.16. The Balaban J connectivity index is 0.00000172. The van der Waals surface area contributed by atoms with Gasteiger partial charge in [-0.2, -0.15) is 5.26 Å². The van der Waals surface area contributed by atoms with E-state index in [9.17, 15) is 0 Å². The summed E-state index contributed by atoms with van der Waals surface area (Å²) >= 11 is 0. The Morgan fingerprint density at radius 1 is 0.879 bits per heavy atom. The third-order valence-corrected chi connectivity index (χ3v) is 5.35. The van der Waals surface area contributed by atoms with Gasteiger partial charge in [0.15, 0.2) is 23.0 Å². The molecule has 0 aliphatic carbocycles. The first-order chi connectivity index (χ1) is 15.9. The summed E-state index contributed by atoms with van der Waals surface area (Å²) in [5, 5.41) is 7.32. The Kier molecular flexibility index (Phi) is 13.5. The van der Waals surface area contributed by atoms with Gasteiger partial charge >= 0.3 is 0 Å². The van der Waals surface area contributed by atoms with Crippen LogP contribution >= 0.6 is 0 Å². The summed E-state index contributed by atoms with van der Waals surface area (Å²) in [6.07, 6.45) is 3.24. The first kappa shape index (κ1) is 28.1. The average molecular weight is 457 g/mol. The third-order valence-electron chi connectivity index (χ3n) is 5.35. The molecular formula is C27H40N2O4. The van der Waals surface area contributed by atoms with Crippen LogP contribution in [-0.4, -0.2) is 52.5 Å². The molecule has 6 nitrogen and oxygen atoms in total. The van der Waals surface area contributed by atoms with E-state index in [0.29, 0.717) is 5.92 Å². The molecule has 0 radical (unpaired) electrons. The summed E-state index contributed by atoms with van der Waals surface area (Å²) in [5.74, 6) is 3.60. The Morgan fingerprint density at radius 2 is 1.45 bits per heavy atom. The average Bonchev–Trinajstić information content (AvgIpc) is 2.82. The van der Waals surface area contributed by atoms with Crippen molar-refractivity contribution in [3.05, 3.63) is 48.0 Å². The molecule has 0 spiro atoms. The molecule has 2 aromatic rings. The van der Waals surface area contributed by atoms with Crippen molar-refractivity contribution >= 4 is 0 Å². The summed E-state index contributed by atoms with van der Waals surface area (Å²) < 4.78 is 22.4. The molecule has 0 N–H and O–H groups in total. The van der Waals surface area contributed by atoms with E-state index in [2.05, 4.69) is 37.9 Å². The highest BCUT2D eigenvalue weighted by atomic mass is 16.5. The van der Waals surface area contributed by atoms with Crippen LogP contribution in [0.2, 0.25) is 0 Å². The number of ether oxygens (including phenoxy) is 4. The van der Waals surface area contributed by atoms with Crippen LogP contribution in [0, 0.1) is 17.2 Å². The molecule has 0 amide bonds. The largest absolute Gasteiger partial charge is 0.493 e. The topological polar surface area (TPSA) is 64.0 Å². The van der Waals surface area contributed by atoms with Crippen LogP contribution in [0.15, 0.2) is 42.5 Å². The number of benzene rings is 2. The molecule has 0 saturated heterocycles. The normalized spacial score (nSPS) is 11.3. The van der Waals surface area contributed by atoms with E-state index in [1.165, 1.54) is 12.5 Å². The Morgan fingerprint density at radius 3 is 2.03 bits per heavy atom. The van der Waals surface area contributed by atoms with E-state index in [0.717, 1.165) is 55.4 Å². The minimum absolute atomic E-state index is 0.167. The van der Waals surface area contributed by atoms with Crippen molar-refractivity contribution in [2.75, 3.05) is 41.5 Å². The second kappa shape index (κ2) is 15.8. The van der Waals surface area contributed by atoms with E-state index < -0.39 is 0 Å². The lowest BCUT2D eigenvalue weighted by atomic mass is 10.0. The monoisotopic (exact) mass is 456 g/mol. The number of hydrogen-bond acceptors (Lipinski definition) is 6. The Bertz CT molecular complexity index is 848. The molecule has 0 bridgehead atoms. The number of nitriles is 1. The lowest BCUT2D eigenvalue weighted by molar-refractivity contribution is 0.130. The van der Waals surface area contributed by atoms with Crippen LogP contribution < -0.4 is 18.9 Å². The minimum Gasteiger partial charge on any atom is -0.493 e. The van der Waals surface area contributed by atoms with E-state index in [4.69, 9.17) is 24.2 Å². The molecule has 2 aromatic carbocycles. The summed E-state index contributed by atoms with van der Waals surface area (Å²) in [6.45, 7) is 7.88. The standard InChI is InChI=1S/C25H37NO4.C2H3N/c1-19(2)21(30-24-11-8-7-10-22(24)27-4)12-9-16-26(3)17-15-20-13-14-23(28-5)25(18-20)29-6;1-2-3/h7-8,10-11,13-14,18-19,21H,9,12,15-17H2,1-6H3;1H3. The Hall–Kier alpha value is -2.91. The molecule has 182 valence electrons. The van der Waals surface area contributed by atoms with Gasteiger partial charge in [0.25, 0.3) is 0 Å². The van der Waals surface area contributed by atoms with Crippen molar-refractivity contribution in [2.24, 2.45) is 5.92 Å². The van der Waals surface area contributed by atoms with Crippen LogP contribution in [0.1, 0.15) is 39.2 Å². The van der Waals surface area contributed by atoms with Gasteiger partial charge in [-0.15, -0.1) is 0 Å². The van der Waals surface area contributed by atoms with Gasteiger partial charge in [-0.3, -0.25) is 0 Å². The van der Waals surface area contributed by atoms with Crippen molar-refractivity contribution in [1.82, 2.24) is 4.90 Å². The lowest BCUT2D eigenvalue weighted by Crippen LogP contribution is -2.27. The molecule has 33 heavy (non-hydrogen) atoms. The molecular weight excluding hydrogens is 416 g/mol. The minimum atomic E-state index is 0.167. The summed E-state index contributed by atoms with van der Waals surface area (Å²) in [7, 11) is 7.19. The third kappa shape index (κ3) is 10.0. The summed E-state index contributed by atoms with van der Waals surface area (Å²) in [6, 6.07) is 15.7. The maximum Gasteiger partial charge on any atom is 0.161 e. The van der Waals surface area contributed by atoms with Crippen LogP contribution in [0.4, 0.5) is 0 Å². The first-order valence-corrected chi connectivity index (χ1v) is 11.4. The molecule has 0 aromatic heterocycles. The van der Waals surface area contributed by atoms with Crippen molar-refractivity contribution < 1.29 is 18.9 Å². The fourth-order valence-corrected chi connectivity index (χ4v) is 3.44. The van der Waals surface area contributed by atoms with E-state index in [1.807, 2.05) is 30.3 Å². The zero-order valence-electron chi connectivity index (χ0n) is 21.3. The number of para-hydroxylation sites is 2. The smallest absolute Gasteiger partial charge is 0.161 e. The number of rotatable bonds is 13. The highest BCUT2D eigenvalue weighted by Crippen LogP contribution is 2.29. The van der Waals surface area contributed by atoms with E-state index >= 15 is 0 Å². The molecule has 0 fully saturated rings. The fraction of sp³-hybridized carbons (Fsp3) is 0.519. The number of methoxy groups -OCH3 is 3. The van der Waals surface area contributed by atoms with Gasteiger partial charge in [-0.05, 0) is 68.6 Å². The maximum atomic E-state index is 7.32. The predicted molar refractivity (Wildman–Crippen MR) is 134 cm³/mol. The van der Waals surface area contributed by atoms with Crippen LogP contribution in [-0.2, 0) is 6.42 Å². The van der Waals surface area contributed by atoms with Gasteiger partial charge in [0.2, 0.25) is 0 Å². The predicted octanol–water partition coefficient (Wildman–Crippen LogP) is 5.60. The number of likely N-dealkylation sites (N-methyl/N-ethyl adjacent to an activating group) is 1. The molecule has 0 aliphatic rings. The first-order valence-electron chi connectivity index (χ1n) is 11.4. The highest BCUT2D eigenvalue weighted by molar-refractivity contribution is 5.43. The van der Waals surface area contributed by atoms with Crippen molar-refractivity contribution in [1.29, 1.82) is 5.26 Å². The van der Waals surface area contributed by atoms with Crippen LogP contribution in [0.25, 0.3) is 0 Å². The SMILES string of the molecule is CC#N.COc1ccc(CCN(C)CCCC(Oc2ccccc2OC)C(C)C)cc1OC. The number of nitrogens with zero attached hydrogens (tertiary/aromatic N) is 2. The number of hydrogen-bond donors (Lipinski definition) is 0. The Labute approximate surface area is 200 Å².